The summed E-state index contributed by atoms with van der Waals surface area (Å²) in [6.45, 7) is 4.30. The minimum absolute atomic E-state index is 0.180. The molecular weight excluding hydrogens is 262 g/mol. The first kappa shape index (κ1) is 12.1. The van der Waals surface area contributed by atoms with Crippen molar-refractivity contribution in [1.29, 1.82) is 0 Å². The molecule has 8 heteroatoms. The Kier molecular flexibility index (Phi) is 3.49. The number of hydrogen-bond donors (Lipinski definition) is 1. The normalized spacial score (nSPS) is 10.8. The smallest absolute Gasteiger partial charge is 0.270 e. The van der Waals surface area contributed by atoms with Crippen molar-refractivity contribution >= 4 is 23.4 Å². The SMILES string of the molecule is CCn1c(Sc2nc(Cl)ncc2C)n[nH]c1=O. The Bertz CT molecular complexity index is 593. The summed E-state index contributed by atoms with van der Waals surface area (Å²) in [7, 11) is 0. The first-order chi connectivity index (χ1) is 8.11. The molecule has 0 aliphatic carbocycles. The van der Waals surface area contributed by atoms with E-state index in [1.807, 2.05) is 13.8 Å². The third-order valence-corrected chi connectivity index (χ3v) is 3.41. The van der Waals surface area contributed by atoms with Crippen molar-refractivity contribution in [1.82, 2.24) is 24.7 Å². The zero-order valence-corrected chi connectivity index (χ0v) is 10.8. The molecule has 2 aromatic heterocycles. The largest absolute Gasteiger partial charge is 0.343 e. The van der Waals surface area contributed by atoms with Crippen molar-refractivity contribution in [3.8, 4) is 0 Å². The van der Waals surface area contributed by atoms with Crippen LogP contribution in [-0.4, -0.2) is 24.7 Å². The highest BCUT2D eigenvalue weighted by atomic mass is 35.5. The van der Waals surface area contributed by atoms with Crippen molar-refractivity contribution in [2.75, 3.05) is 0 Å². The number of nitrogens with zero attached hydrogens (tertiary/aromatic N) is 4. The highest BCUT2D eigenvalue weighted by molar-refractivity contribution is 7.99. The highest BCUT2D eigenvalue weighted by Crippen LogP contribution is 2.26. The van der Waals surface area contributed by atoms with E-state index in [0.717, 1.165) is 5.56 Å². The lowest BCUT2D eigenvalue weighted by Gasteiger charge is -2.04. The third-order valence-electron chi connectivity index (χ3n) is 2.12. The van der Waals surface area contributed by atoms with Crippen molar-refractivity contribution in [2.45, 2.75) is 30.6 Å². The molecule has 0 atom stereocenters. The van der Waals surface area contributed by atoms with Crippen molar-refractivity contribution in [2.24, 2.45) is 0 Å². The van der Waals surface area contributed by atoms with Crippen LogP contribution in [0.3, 0.4) is 0 Å². The van der Waals surface area contributed by atoms with Gasteiger partial charge in [0, 0.05) is 18.3 Å². The maximum atomic E-state index is 11.4. The molecule has 0 aliphatic heterocycles. The minimum Gasteiger partial charge on any atom is -0.270 e. The monoisotopic (exact) mass is 271 g/mol. The molecule has 0 aromatic carbocycles. The zero-order chi connectivity index (χ0) is 12.4. The Morgan fingerprint density at radius 2 is 2.35 bits per heavy atom. The molecule has 0 saturated heterocycles. The fraction of sp³-hybridized carbons (Fsp3) is 0.333. The molecule has 2 heterocycles. The van der Waals surface area contributed by atoms with Crippen LogP contribution in [0.25, 0.3) is 0 Å². The predicted molar refractivity (Wildman–Crippen MR) is 64.4 cm³/mol. The first-order valence-electron chi connectivity index (χ1n) is 4.94. The van der Waals surface area contributed by atoms with Crippen molar-refractivity contribution < 1.29 is 0 Å². The molecule has 0 fully saturated rings. The van der Waals surface area contributed by atoms with Crippen LogP contribution in [0.5, 0.6) is 0 Å². The molecule has 0 saturated carbocycles. The Morgan fingerprint density at radius 3 is 3.06 bits per heavy atom. The molecule has 2 rings (SSSR count). The number of rotatable bonds is 3. The number of halogens is 1. The second-order valence-corrected chi connectivity index (χ2v) is 4.58. The van der Waals surface area contributed by atoms with E-state index in [1.54, 1.807) is 6.20 Å². The summed E-state index contributed by atoms with van der Waals surface area (Å²) < 4.78 is 1.53. The molecule has 90 valence electrons. The Hall–Kier alpha value is -1.34. The van der Waals surface area contributed by atoms with Crippen LogP contribution in [0, 0.1) is 6.92 Å². The van der Waals surface area contributed by atoms with Gasteiger partial charge in [-0.25, -0.2) is 19.9 Å². The fourth-order valence-corrected chi connectivity index (χ4v) is 2.37. The van der Waals surface area contributed by atoms with E-state index in [0.29, 0.717) is 16.7 Å². The Morgan fingerprint density at radius 1 is 1.59 bits per heavy atom. The standard InChI is InChI=1S/C9H10ClN5OS/c1-3-15-8(16)13-14-9(15)17-6-5(2)4-11-7(10)12-6/h4H,3H2,1-2H3,(H,13,16). The first-order valence-corrected chi connectivity index (χ1v) is 6.13. The van der Waals surface area contributed by atoms with Gasteiger partial charge in [0.2, 0.25) is 5.28 Å². The lowest BCUT2D eigenvalue weighted by Crippen LogP contribution is -2.16. The fourth-order valence-electron chi connectivity index (χ4n) is 1.26. The van der Waals surface area contributed by atoms with Crippen LogP contribution in [0.1, 0.15) is 12.5 Å². The van der Waals surface area contributed by atoms with Gasteiger partial charge in [0.05, 0.1) is 0 Å². The zero-order valence-electron chi connectivity index (χ0n) is 9.27. The van der Waals surface area contributed by atoms with Gasteiger partial charge >= 0.3 is 5.69 Å². The van der Waals surface area contributed by atoms with Crippen LogP contribution in [0.4, 0.5) is 0 Å². The van der Waals surface area contributed by atoms with Crippen LogP contribution in [0.15, 0.2) is 21.2 Å². The van der Waals surface area contributed by atoms with Crippen LogP contribution in [-0.2, 0) is 6.54 Å². The predicted octanol–water partition coefficient (Wildman–Crippen LogP) is 1.49. The van der Waals surface area contributed by atoms with Gasteiger partial charge in [-0.2, -0.15) is 0 Å². The summed E-state index contributed by atoms with van der Waals surface area (Å²) in [6, 6.07) is 0. The van der Waals surface area contributed by atoms with E-state index in [2.05, 4.69) is 20.2 Å². The summed E-state index contributed by atoms with van der Waals surface area (Å²) in [4.78, 5) is 19.4. The van der Waals surface area contributed by atoms with Gasteiger partial charge in [-0.1, -0.05) is 0 Å². The number of nitrogens with one attached hydrogen (secondary N) is 1. The van der Waals surface area contributed by atoms with Crippen molar-refractivity contribution in [3.63, 3.8) is 0 Å². The summed E-state index contributed by atoms with van der Waals surface area (Å²) in [5, 5.41) is 7.78. The van der Waals surface area contributed by atoms with Gasteiger partial charge in [0.25, 0.3) is 0 Å². The molecule has 6 nitrogen and oxygen atoms in total. The highest BCUT2D eigenvalue weighted by Gasteiger charge is 2.11. The quantitative estimate of drug-likeness (QED) is 0.676. The minimum atomic E-state index is -0.229. The van der Waals surface area contributed by atoms with Gasteiger partial charge in [0.1, 0.15) is 5.03 Å². The van der Waals surface area contributed by atoms with Gasteiger partial charge in [-0.05, 0) is 37.2 Å². The third kappa shape index (κ3) is 2.50. The second-order valence-electron chi connectivity index (χ2n) is 3.28. The average molecular weight is 272 g/mol. The Labute approximate surface area is 106 Å². The van der Waals surface area contributed by atoms with E-state index in [4.69, 9.17) is 11.6 Å². The maximum Gasteiger partial charge on any atom is 0.343 e. The van der Waals surface area contributed by atoms with E-state index >= 15 is 0 Å². The summed E-state index contributed by atoms with van der Waals surface area (Å²) in [5.74, 6) is 0. The van der Waals surface area contributed by atoms with Crippen LogP contribution >= 0.6 is 23.4 Å². The molecular formula is C9H10ClN5OS. The molecule has 17 heavy (non-hydrogen) atoms. The number of aromatic amines is 1. The summed E-state index contributed by atoms with van der Waals surface area (Å²) >= 11 is 7.02. The number of H-pyrrole nitrogens is 1. The molecule has 0 amide bonds. The lowest BCUT2D eigenvalue weighted by atomic mass is 10.4. The summed E-state index contributed by atoms with van der Waals surface area (Å²) in [5.41, 5.74) is 0.658. The van der Waals surface area contributed by atoms with E-state index in [9.17, 15) is 4.79 Å². The van der Waals surface area contributed by atoms with Gasteiger partial charge < -0.3 is 0 Å². The van der Waals surface area contributed by atoms with E-state index in [1.165, 1.54) is 16.3 Å². The number of aryl methyl sites for hydroxylation is 1. The number of hydrogen-bond acceptors (Lipinski definition) is 5. The summed E-state index contributed by atoms with van der Waals surface area (Å²) in [6.07, 6.45) is 1.64. The van der Waals surface area contributed by atoms with E-state index in [-0.39, 0.29) is 11.0 Å². The van der Waals surface area contributed by atoms with Gasteiger partial charge in [0.15, 0.2) is 5.16 Å². The van der Waals surface area contributed by atoms with Gasteiger partial charge in [-0.15, -0.1) is 5.10 Å². The van der Waals surface area contributed by atoms with Crippen LogP contribution < -0.4 is 5.69 Å². The second kappa shape index (κ2) is 4.89. The average Bonchev–Trinajstić information content (AvgIpc) is 2.64. The molecule has 0 radical (unpaired) electrons. The molecule has 0 bridgehead atoms. The lowest BCUT2D eigenvalue weighted by molar-refractivity contribution is 0.660. The molecule has 2 aromatic rings. The molecule has 1 N–H and O–H groups in total. The van der Waals surface area contributed by atoms with E-state index < -0.39 is 0 Å². The molecule has 0 unspecified atom stereocenters. The van der Waals surface area contributed by atoms with Crippen LogP contribution in [0.2, 0.25) is 5.28 Å². The van der Waals surface area contributed by atoms with Crippen molar-refractivity contribution in [3.05, 3.63) is 27.5 Å². The topological polar surface area (TPSA) is 76.5 Å². The molecule has 0 spiro atoms. The Balaban J connectivity index is 2.37. The van der Waals surface area contributed by atoms with Gasteiger partial charge in [-0.3, -0.25) is 4.57 Å². The maximum absolute atomic E-state index is 11.4. The molecule has 0 aliphatic rings. The number of aromatic nitrogens is 5.